The maximum Gasteiger partial charge on any atom is 0.516 e. The number of nitrogens with one attached hydrogen (secondary N) is 1. The largest absolute Gasteiger partial charge is 0.516 e. The molecule has 0 heterocycles. The van der Waals surface area contributed by atoms with Crippen molar-refractivity contribution in [3.05, 3.63) is 65.2 Å². The average Bonchev–Trinajstić information content (AvgIpc) is 2.65. The van der Waals surface area contributed by atoms with Gasteiger partial charge in [0.05, 0.1) is 12.1 Å². The van der Waals surface area contributed by atoms with Crippen molar-refractivity contribution in [3.8, 4) is 11.5 Å². The highest BCUT2D eigenvalue weighted by atomic mass is 35.5. The molecule has 0 atom stereocenters. The zero-order valence-corrected chi connectivity index (χ0v) is 16.5. The fourth-order valence-corrected chi connectivity index (χ4v) is 3.45. The van der Waals surface area contributed by atoms with Crippen LogP contribution in [-0.4, -0.2) is 21.0 Å². The Kier molecular flexibility index (Phi) is 5.81. The first-order valence-corrected chi connectivity index (χ1v) is 10.0. The van der Waals surface area contributed by atoms with Crippen LogP contribution in [0.4, 0.5) is 18.9 Å². The molecular weight excluding hydrogens is 431 g/mol. The molecule has 0 fully saturated rings. The molecule has 3 aromatic carbocycles. The topological polar surface area (TPSA) is 64.6 Å². The normalized spacial score (nSPS) is 12.0. The molecule has 0 saturated carbocycles. The molecule has 0 saturated heterocycles. The summed E-state index contributed by atoms with van der Waals surface area (Å²) in [4.78, 5) is 0. The zero-order valence-electron chi connectivity index (χ0n) is 15.0. The van der Waals surface area contributed by atoms with Gasteiger partial charge in [-0.3, -0.25) is 4.72 Å². The molecule has 0 aliphatic carbocycles. The van der Waals surface area contributed by atoms with Gasteiger partial charge in [0.25, 0.3) is 0 Å². The van der Waals surface area contributed by atoms with Gasteiger partial charge in [-0.15, -0.1) is 0 Å². The Hall–Kier alpha value is -2.65. The lowest BCUT2D eigenvalue weighted by Crippen LogP contribution is -2.29. The Labute approximate surface area is 170 Å². The van der Waals surface area contributed by atoms with Gasteiger partial charge in [0.15, 0.2) is 0 Å². The van der Waals surface area contributed by atoms with Crippen LogP contribution in [0.3, 0.4) is 0 Å². The number of methoxy groups -OCH3 is 1. The van der Waals surface area contributed by atoms with Gasteiger partial charge < -0.3 is 9.47 Å². The SMILES string of the molecule is COc1ccc(COc2cccc3cc(NS(=O)(=O)C(F)(F)F)ccc23)cc1Cl. The quantitative estimate of drug-likeness (QED) is 0.556. The predicted octanol–water partition coefficient (Wildman–Crippen LogP) is 5.34. The van der Waals surface area contributed by atoms with E-state index in [-0.39, 0.29) is 12.3 Å². The highest BCUT2D eigenvalue weighted by Crippen LogP contribution is 2.31. The third kappa shape index (κ3) is 4.68. The van der Waals surface area contributed by atoms with Gasteiger partial charge in [0, 0.05) is 11.1 Å². The standard InChI is InChI=1S/C19H15ClF3NO4S/c1-27-18-8-5-12(9-16(18)20)11-28-17-4-2-3-13-10-14(6-7-15(13)17)24-29(25,26)19(21,22)23/h2-10,24H,11H2,1H3. The van der Waals surface area contributed by atoms with E-state index in [1.54, 1.807) is 36.4 Å². The third-order valence-electron chi connectivity index (χ3n) is 4.01. The molecule has 29 heavy (non-hydrogen) atoms. The third-order valence-corrected chi connectivity index (χ3v) is 5.42. The summed E-state index contributed by atoms with van der Waals surface area (Å²) in [6.07, 6.45) is 0. The first-order chi connectivity index (χ1) is 13.6. The van der Waals surface area contributed by atoms with Crippen LogP contribution in [0.1, 0.15) is 5.56 Å². The van der Waals surface area contributed by atoms with Gasteiger partial charge in [-0.2, -0.15) is 21.6 Å². The van der Waals surface area contributed by atoms with Gasteiger partial charge in [-0.05, 0) is 47.3 Å². The Balaban J connectivity index is 1.82. The molecule has 0 bridgehead atoms. The highest BCUT2D eigenvalue weighted by Gasteiger charge is 2.46. The van der Waals surface area contributed by atoms with Crippen LogP contribution in [0.2, 0.25) is 5.02 Å². The van der Waals surface area contributed by atoms with Crippen molar-refractivity contribution in [1.82, 2.24) is 0 Å². The van der Waals surface area contributed by atoms with Crippen molar-refractivity contribution in [2.45, 2.75) is 12.1 Å². The second-order valence-electron chi connectivity index (χ2n) is 6.00. The zero-order chi connectivity index (χ0) is 21.2. The Morgan fingerprint density at radius 3 is 2.45 bits per heavy atom. The summed E-state index contributed by atoms with van der Waals surface area (Å²) in [5.74, 6) is 1.02. The lowest BCUT2D eigenvalue weighted by Gasteiger charge is -2.13. The van der Waals surface area contributed by atoms with Crippen LogP contribution in [0.5, 0.6) is 11.5 Å². The molecule has 0 amide bonds. The molecule has 3 rings (SSSR count). The lowest BCUT2D eigenvalue weighted by atomic mass is 10.1. The van der Waals surface area contributed by atoms with E-state index >= 15 is 0 Å². The van der Waals surface area contributed by atoms with E-state index in [9.17, 15) is 21.6 Å². The molecule has 1 N–H and O–H groups in total. The molecule has 10 heteroatoms. The van der Waals surface area contributed by atoms with Gasteiger partial charge in [0.2, 0.25) is 0 Å². The molecule has 0 aliphatic rings. The molecular formula is C19H15ClF3NO4S. The van der Waals surface area contributed by atoms with Crippen molar-refractivity contribution in [1.29, 1.82) is 0 Å². The van der Waals surface area contributed by atoms with Crippen molar-refractivity contribution < 1.29 is 31.1 Å². The van der Waals surface area contributed by atoms with Crippen LogP contribution in [0, 0.1) is 0 Å². The summed E-state index contributed by atoms with van der Waals surface area (Å²) in [6, 6.07) is 14.2. The summed E-state index contributed by atoms with van der Waals surface area (Å²) in [5.41, 5.74) is -4.80. The first-order valence-electron chi connectivity index (χ1n) is 8.18. The predicted molar refractivity (Wildman–Crippen MR) is 105 cm³/mol. The number of ether oxygens (including phenoxy) is 2. The maximum absolute atomic E-state index is 12.5. The minimum Gasteiger partial charge on any atom is -0.495 e. The van der Waals surface area contributed by atoms with E-state index in [0.717, 1.165) is 5.56 Å². The van der Waals surface area contributed by atoms with Crippen molar-refractivity contribution in [2.75, 3.05) is 11.8 Å². The van der Waals surface area contributed by atoms with Gasteiger partial charge in [-0.25, -0.2) is 0 Å². The molecule has 0 spiro atoms. The number of sulfonamides is 1. The molecule has 0 unspecified atom stereocenters. The molecule has 5 nitrogen and oxygen atoms in total. The number of fused-ring (bicyclic) bond motifs is 1. The van der Waals surface area contributed by atoms with Crippen LogP contribution in [-0.2, 0) is 16.6 Å². The minimum absolute atomic E-state index is 0.200. The molecule has 0 aromatic heterocycles. The molecule has 0 radical (unpaired) electrons. The van der Waals surface area contributed by atoms with Crippen LogP contribution >= 0.6 is 11.6 Å². The van der Waals surface area contributed by atoms with E-state index in [1.807, 2.05) is 0 Å². The van der Waals surface area contributed by atoms with Gasteiger partial charge >= 0.3 is 15.5 Å². The van der Waals surface area contributed by atoms with E-state index in [2.05, 4.69) is 0 Å². The summed E-state index contributed by atoms with van der Waals surface area (Å²) in [7, 11) is -3.98. The molecule has 3 aromatic rings. The van der Waals surface area contributed by atoms with Crippen molar-refractivity contribution >= 4 is 38.1 Å². The Bertz CT molecular complexity index is 1150. The van der Waals surface area contributed by atoms with Crippen molar-refractivity contribution in [2.24, 2.45) is 0 Å². The molecule has 0 aliphatic heterocycles. The minimum atomic E-state index is -5.49. The van der Waals surface area contributed by atoms with Crippen LogP contribution in [0.15, 0.2) is 54.6 Å². The fourth-order valence-electron chi connectivity index (χ4n) is 2.62. The monoisotopic (exact) mass is 445 g/mol. The molecule has 154 valence electrons. The number of alkyl halides is 3. The van der Waals surface area contributed by atoms with Crippen LogP contribution in [0.25, 0.3) is 10.8 Å². The first kappa shape index (κ1) is 21.1. The van der Waals surface area contributed by atoms with E-state index in [4.69, 9.17) is 21.1 Å². The number of halogens is 4. The summed E-state index contributed by atoms with van der Waals surface area (Å²) in [5, 5.41) is 1.56. The summed E-state index contributed by atoms with van der Waals surface area (Å²) >= 11 is 6.09. The second kappa shape index (κ2) is 8.00. The maximum atomic E-state index is 12.5. The number of hydrogen-bond donors (Lipinski definition) is 1. The Morgan fingerprint density at radius 2 is 1.79 bits per heavy atom. The number of anilines is 1. The average molecular weight is 446 g/mol. The van der Waals surface area contributed by atoms with Gasteiger partial charge in [0.1, 0.15) is 18.1 Å². The second-order valence-corrected chi connectivity index (χ2v) is 8.08. The van der Waals surface area contributed by atoms with E-state index in [1.165, 1.54) is 30.0 Å². The summed E-state index contributed by atoms with van der Waals surface area (Å²) < 4.78 is 72.6. The van der Waals surface area contributed by atoms with Gasteiger partial charge in [-0.1, -0.05) is 29.8 Å². The highest BCUT2D eigenvalue weighted by molar-refractivity contribution is 7.93. The summed E-state index contributed by atoms with van der Waals surface area (Å²) in [6.45, 7) is 0.200. The lowest BCUT2D eigenvalue weighted by molar-refractivity contribution is -0.0429. The van der Waals surface area contributed by atoms with E-state index < -0.39 is 15.5 Å². The fraction of sp³-hybridized carbons (Fsp3) is 0.158. The Morgan fingerprint density at radius 1 is 1.03 bits per heavy atom. The van der Waals surface area contributed by atoms with Crippen LogP contribution < -0.4 is 14.2 Å². The van der Waals surface area contributed by atoms with Crippen molar-refractivity contribution in [3.63, 3.8) is 0 Å². The number of rotatable bonds is 6. The van der Waals surface area contributed by atoms with E-state index in [0.29, 0.717) is 27.3 Å². The smallest absolute Gasteiger partial charge is 0.495 e. The number of benzene rings is 3. The number of hydrogen-bond acceptors (Lipinski definition) is 4.